The number of nitriles is 1. The van der Waals surface area contributed by atoms with Crippen molar-refractivity contribution < 1.29 is 9.18 Å². The second-order valence-electron chi connectivity index (χ2n) is 10.4. The van der Waals surface area contributed by atoms with Gasteiger partial charge in [-0.05, 0) is 68.7 Å². The number of carbonyl (C=O) groups is 1. The number of nitrogens with one attached hydrogen (secondary N) is 2. The van der Waals surface area contributed by atoms with Crippen molar-refractivity contribution in [2.45, 2.75) is 52.0 Å². The second-order valence-corrected chi connectivity index (χ2v) is 10.4. The van der Waals surface area contributed by atoms with Crippen LogP contribution in [-0.2, 0) is 0 Å². The molecule has 8 heteroatoms. The minimum atomic E-state index is -0.434. The number of carbonyl (C=O) groups excluding carboxylic acids is 1. The van der Waals surface area contributed by atoms with E-state index in [1.807, 2.05) is 37.3 Å². The van der Waals surface area contributed by atoms with Gasteiger partial charge in [0.2, 0.25) is 0 Å². The molecule has 1 aromatic heterocycles. The number of nitrogens with two attached hydrogens (primary N) is 1. The lowest BCUT2D eigenvalue weighted by molar-refractivity contribution is 0.0954. The van der Waals surface area contributed by atoms with E-state index in [0.717, 1.165) is 36.8 Å². The van der Waals surface area contributed by atoms with E-state index < -0.39 is 11.9 Å². The average molecular weight is 537 g/mol. The summed E-state index contributed by atoms with van der Waals surface area (Å²) >= 11 is 0. The van der Waals surface area contributed by atoms with E-state index in [2.05, 4.69) is 28.6 Å². The molecule has 1 aliphatic heterocycles. The maximum atomic E-state index is 14.5. The maximum absolute atomic E-state index is 14.5. The Balaban J connectivity index is 1.66. The molecule has 204 valence electrons. The number of halogens is 1. The number of fused-ring (bicyclic) bond motifs is 1. The van der Waals surface area contributed by atoms with E-state index in [4.69, 9.17) is 10.7 Å². The molecule has 0 spiro atoms. The zero-order chi connectivity index (χ0) is 28.2. The first-order valence-electron chi connectivity index (χ1n) is 13.8. The average Bonchev–Trinajstić information content (AvgIpc) is 3.79. The molecule has 1 amide bonds. The Labute approximate surface area is 233 Å². The van der Waals surface area contributed by atoms with Gasteiger partial charge in [0.15, 0.2) is 0 Å². The van der Waals surface area contributed by atoms with Gasteiger partial charge in [0.25, 0.3) is 5.91 Å². The Kier molecular flexibility index (Phi) is 7.92. The molecule has 40 heavy (non-hydrogen) atoms. The van der Waals surface area contributed by atoms with E-state index in [-0.39, 0.29) is 11.7 Å². The van der Waals surface area contributed by atoms with Crippen LogP contribution in [-0.4, -0.2) is 23.3 Å². The van der Waals surface area contributed by atoms with Crippen LogP contribution in [0.1, 0.15) is 68.0 Å². The first-order valence-corrected chi connectivity index (χ1v) is 13.8. The monoisotopic (exact) mass is 536 g/mol. The van der Waals surface area contributed by atoms with E-state index >= 15 is 0 Å². The molecule has 2 heterocycles. The van der Waals surface area contributed by atoms with Crippen molar-refractivity contribution in [3.8, 4) is 17.2 Å². The summed E-state index contributed by atoms with van der Waals surface area (Å²) in [6, 6.07) is 15.7. The minimum Gasteiger partial charge on any atom is -0.383 e. The fourth-order valence-electron chi connectivity index (χ4n) is 5.07. The lowest BCUT2D eigenvalue weighted by atomic mass is 9.91. The van der Waals surface area contributed by atoms with Gasteiger partial charge in [-0.1, -0.05) is 42.8 Å². The number of pyridine rings is 1. The molecule has 2 aliphatic rings. The number of rotatable bonds is 8. The van der Waals surface area contributed by atoms with Crippen LogP contribution in [0.3, 0.4) is 0 Å². The van der Waals surface area contributed by atoms with E-state index in [1.165, 1.54) is 12.1 Å². The Morgan fingerprint density at radius 2 is 1.98 bits per heavy atom. The van der Waals surface area contributed by atoms with Gasteiger partial charge < -0.3 is 16.4 Å². The third-order valence-corrected chi connectivity index (χ3v) is 7.52. The number of allylic oxidation sites excluding steroid dienone is 2. The van der Waals surface area contributed by atoms with Crippen LogP contribution >= 0.6 is 0 Å². The van der Waals surface area contributed by atoms with Crippen molar-refractivity contribution in [1.82, 2.24) is 15.6 Å². The third kappa shape index (κ3) is 5.74. The lowest BCUT2D eigenvalue weighted by Gasteiger charge is -2.25. The van der Waals surface area contributed by atoms with Crippen LogP contribution in [0.5, 0.6) is 0 Å². The van der Waals surface area contributed by atoms with Gasteiger partial charge in [0.1, 0.15) is 23.3 Å². The van der Waals surface area contributed by atoms with Crippen LogP contribution in [0.25, 0.3) is 22.0 Å². The molecule has 1 aliphatic carbocycles. The Bertz CT molecular complexity index is 1580. The van der Waals surface area contributed by atoms with Gasteiger partial charge in [-0.2, -0.15) is 5.26 Å². The first kappa shape index (κ1) is 27.1. The summed E-state index contributed by atoms with van der Waals surface area (Å²) in [5, 5.41) is 17.0. The first-order chi connectivity index (χ1) is 19.4. The minimum absolute atomic E-state index is 0.160. The molecule has 2 aromatic carbocycles. The van der Waals surface area contributed by atoms with Gasteiger partial charge >= 0.3 is 0 Å². The number of aromatic nitrogens is 1. The fraction of sp³-hybridized carbons (Fsp3) is 0.312. The predicted molar refractivity (Wildman–Crippen MR) is 156 cm³/mol. The number of hydrogen-bond acceptors (Lipinski definition) is 6. The molecular formula is C32H33FN6O. The largest absolute Gasteiger partial charge is 0.383 e. The van der Waals surface area contributed by atoms with Crippen LogP contribution in [0, 0.1) is 23.1 Å². The molecule has 4 N–H and O–H groups in total. The van der Waals surface area contributed by atoms with Gasteiger partial charge in [0, 0.05) is 29.4 Å². The highest BCUT2D eigenvalue weighted by atomic mass is 19.1. The third-order valence-electron chi connectivity index (χ3n) is 7.52. The zero-order valence-corrected chi connectivity index (χ0v) is 22.8. The molecule has 5 rings (SSSR count). The summed E-state index contributed by atoms with van der Waals surface area (Å²) in [4.78, 5) is 23.1. The van der Waals surface area contributed by atoms with Gasteiger partial charge in [-0.3, -0.25) is 4.79 Å². The summed E-state index contributed by atoms with van der Waals surface area (Å²) in [7, 11) is 0. The standard InChI is InChI=1S/C32H33FN6O/c1-3-20-11-13-27(25(16-34)31(35)36-17-20)38-19(2)30-28(22-7-5-4-6-8-22)29(32(40)37-18-21-9-10-21)24-15-23(33)12-14-26(24)39-30/h4-8,12,14-15,17,19,21,38H,3,9-11,13,18H2,1-2H3,(H2,35,36)(H,37,40). The molecule has 3 aromatic rings. The van der Waals surface area contributed by atoms with Gasteiger partial charge in [0.05, 0.1) is 22.8 Å². The maximum Gasteiger partial charge on any atom is 0.252 e. The number of aliphatic imine (C=N–C) groups is 1. The molecule has 1 atom stereocenters. The van der Waals surface area contributed by atoms with Crippen molar-refractivity contribution in [2.24, 2.45) is 16.6 Å². The Morgan fingerprint density at radius 1 is 1.20 bits per heavy atom. The van der Waals surface area contributed by atoms with Crippen LogP contribution in [0.4, 0.5) is 4.39 Å². The topological polar surface area (TPSA) is 116 Å². The van der Waals surface area contributed by atoms with Crippen molar-refractivity contribution in [2.75, 3.05) is 6.54 Å². The Morgan fingerprint density at radius 3 is 2.67 bits per heavy atom. The number of amides is 1. The molecule has 1 saturated carbocycles. The fourth-order valence-corrected chi connectivity index (χ4v) is 5.07. The van der Waals surface area contributed by atoms with Gasteiger partial charge in [-0.15, -0.1) is 0 Å². The summed E-state index contributed by atoms with van der Waals surface area (Å²) in [6.45, 7) is 4.59. The van der Waals surface area contributed by atoms with Crippen LogP contribution in [0.15, 0.2) is 76.6 Å². The number of amidine groups is 1. The summed E-state index contributed by atoms with van der Waals surface area (Å²) in [5.41, 5.74) is 11.3. The second kappa shape index (κ2) is 11.7. The summed E-state index contributed by atoms with van der Waals surface area (Å²) < 4.78 is 14.5. The summed E-state index contributed by atoms with van der Waals surface area (Å²) in [5.74, 6) is -0.0439. The van der Waals surface area contributed by atoms with Crippen molar-refractivity contribution in [1.29, 1.82) is 5.26 Å². The molecule has 0 saturated heterocycles. The smallest absolute Gasteiger partial charge is 0.252 e. The molecule has 1 unspecified atom stereocenters. The number of hydrogen-bond donors (Lipinski definition) is 3. The molecule has 0 bridgehead atoms. The number of benzene rings is 2. The highest BCUT2D eigenvalue weighted by Gasteiger charge is 2.28. The van der Waals surface area contributed by atoms with Crippen molar-refractivity contribution in [3.63, 3.8) is 0 Å². The number of nitrogens with zero attached hydrogens (tertiary/aromatic N) is 3. The van der Waals surface area contributed by atoms with Crippen molar-refractivity contribution in [3.05, 3.63) is 88.6 Å². The quantitative estimate of drug-likeness (QED) is 0.324. The molecular weight excluding hydrogens is 503 g/mol. The van der Waals surface area contributed by atoms with Crippen LogP contribution < -0.4 is 16.4 Å². The molecule has 7 nitrogen and oxygen atoms in total. The highest BCUT2D eigenvalue weighted by molar-refractivity contribution is 6.12. The van der Waals surface area contributed by atoms with Gasteiger partial charge in [-0.25, -0.2) is 14.4 Å². The van der Waals surface area contributed by atoms with E-state index in [9.17, 15) is 14.4 Å². The van der Waals surface area contributed by atoms with E-state index in [1.54, 1.807) is 12.3 Å². The predicted octanol–water partition coefficient (Wildman–Crippen LogP) is 6.05. The van der Waals surface area contributed by atoms with Crippen molar-refractivity contribution >= 4 is 22.6 Å². The van der Waals surface area contributed by atoms with E-state index in [0.29, 0.717) is 57.9 Å². The summed E-state index contributed by atoms with van der Waals surface area (Å²) in [6.07, 6.45) is 6.09. The normalized spacial score (nSPS) is 16.4. The SMILES string of the molecule is CCC1=CN=C(N)C(C#N)=C(NC(C)c2nc3ccc(F)cc3c(C(=O)NCC3CC3)c2-c2ccccc2)CC1. The lowest BCUT2D eigenvalue weighted by Crippen LogP contribution is -2.29. The van der Waals surface area contributed by atoms with Crippen LogP contribution in [0.2, 0.25) is 0 Å². The zero-order valence-electron chi connectivity index (χ0n) is 22.8. The Hall–Kier alpha value is -4.51. The molecule has 0 radical (unpaired) electrons. The highest BCUT2D eigenvalue weighted by Crippen LogP contribution is 2.37. The molecule has 1 fully saturated rings.